The molecule has 5 aromatic carbocycles. The Labute approximate surface area is 311 Å². The lowest BCUT2D eigenvalue weighted by Gasteiger charge is -2.17. The number of benzene rings is 5. The lowest BCUT2D eigenvalue weighted by molar-refractivity contribution is -0.116. The van der Waals surface area contributed by atoms with Gasteiger partial charge in [0.25, 0.3) is 11.8 Å². The van der Waals surface area contributed by atoms with E-state index in [9.17, 15) is 19.6 Å². The first-order chi connectivity index (χ1) is 25.3. The van der Waals surface area contributed by atoms with Gasteiger partial charge in [0.05, 0.1) is 5.56 Å². The third kappa shape index (κ3) is 8.92. The maximum Gasteiger partial charge on any atom is 0.272 e. The Kier molecular flexibility index (Phi) is 11.4. The van der Waals surface area contributed by atoms with E-state index in [1.165, 1.54) is 23.1 Å². The number of rotatable bonds is 11. The topological polar surface area (TPSA) is 111 Å². The summed E-state index contributed by atoms with van der Waals surface area (Å²) in [5.74, 6) is -1.20. The van der Waals surface area contributed by atoms with E-state index < -0.39 is 17.1 Å². The highest BCUT2D eigenvalue weighted by Gasteiger charge is 2.25. The summed E-state index contributed by atoms with van der Waals surface area (Å²) in [5.41, 5.74) is 6.79. The average Bonchev–Trinajstić information content (AvgIpc) is 3.57. The summed E-state index contributed by atoms with van der Waals surface area (Å²) in [4.78, 5) is 41.5. The van der Waals surface area contributed by atoms with E-state index in [1.807, 2.05) is 110 Å². The molecule has 7 nitrogen and oxygen atoms in total. The predicted octanol–water partition coefficient (Wildman–Crippen LogP) is 9.79. The van der Waals surface area contributed by atoms with E-state index in [0.717, 1.165) is 38.3 Å². The number of hydrogen-bond donors (Lipinski definition) is 3. The molecule has 0 spiro atoms. The Balaban J connectivity index is 1.23. The number of nitriles is 1. The molecule has 52 heavy (non-hydrogen) atoms. The van der Waals surface area contributed by atoms with Crippen LogP contribution < -0.4 is 16.0 Å². The number of thioether (sulfide) groups is 1. The predicted molar refractivity (Wildman–Crippen MR) is 211 cm³/mol. The number of carbonyl (C=O) groups excluding carboxylic acids is 3. The van der Waals surface area contributed by atoms with Crippen LogP contribution in [0.3, 0.4) is 0 Å². The number of hydrogen-bond acceptors (Lipinski definition) is 6. The molecule has 1 heterocycles. The zero-order valence-electron chi connectivity index (χ0n) is 28.4. The summed E-state index contributed by atoms with van der Waals surface area (Å²) in [6, 6.07) is 43.1. The van der Waals surface area contributed by atoms with E-state index in [-0.39, 0.29) is 11.6 Å². The lowest BCUT2D eigenvalue weighted by Crippen LogP contribution is -2.30. The normalized spacial score (nSPS) is 11.6. The van der Waals surface area contributed by atoms with Crippen molar-refractivity contribution >= 4 is 57.6 Å². The lowest BCUT2D eigenvalue weighted by atomic mass is 10.0. The summed E-state index contributed by atoms with van der Waals surface area (Å²) in [6.45, 7) is 3.98. The molecule has 0 aliphatic rings. The quantitative estimate of drug-likeness (QED) is 0.0913. The van der Waals surface area contributed by atoms with Crippen molar-refractivity contribution in [3.8, 4) is 17.2 Å². The summed E-state index contributed by atoms with van der Waals surface area (Å²) in [7, 11) is 0. The van der Waals surface area contributed by atoms with E-state index >= 15 is 0 Å². The first-order valence-electron chi connectivity index (χ1n) is 16.4. The molecule has 1 aromatic heterocycles. The molecule has 0 fully saturated rings. The van der Waals surface area contributed by atoms with Crippen molar-refractivity contribution in [2.75, 3.05) is 10.6 Å². The van der Waals surface area contributed by atoms with Crippen LogP contribution >= 0.6 is 23.1 Å². The third-order valence-electron chi connectivity index (χ3n) is 8.11. The number of carbonyl (C=O) groups is 3. The fourth-order valence-corrected chi connectivity index (χ4v) is 7.34. The van der Waals surface area contributed by atoms with E-state index in [2.05, 4.69) is 22.0 Å². The molecule has 0 saturated carbocycles. The van der Waals surface area contributed by atoms with Gasteiger partial charge in [0.2, 0.25) is 5.91 Å². The second-order valence-electron chi connectivity index (χ2n) is 12.0. The van der Waals surface area contributed by atoms with Crippen molar-refractivity contribution in [2.45, 2.75) is 24.0 Å². The molecule has 1 unspecified atom stereocenters. The molecular weight excluding hydrogens is 685 g/mol. The van der Waals surface area contributed by atoms with Gasteiger partial charge in [-0.05, 0) is 66.9 Å². The van der Waals surface area contributed by atoms with Gasteiger partial charge in [0, 0.05) is 27.1 Å². The third-order valence-corrected chi connectivity index (χ3v) is 10.2. The van der Waals surface area contributed by atoms with Gasteiger partial charge >= 0.3 is 0 Å². The highest BCUT2D eigenvalue weighted by molar-refractivity contribution is 8.00. The van der Waals surface area contributed by atoms with Crippen molar-refractivity contribution in [3.63, 3.8) is 0 Å². The maximum atomic E-state index is 14.0. The molecule has 3 N–H and O–H groups in total. The van der Waals surface area contributed by atoms with Gasteiger partial charge in [0.15, 0.2) is 0 Å². The highest BCUT2D eigenvalue weighted by atomic mass is 32.2. The Morgan fingerprint density at radius 1 is 0.769 bits per heavy atom. The van der Waals surface area contributed by atoms with Crippen LogP contribution in [-0.4, -0.2) is 17.7 Å². The van der Waals surface area contributed by atoms with Crippen molar-refractivity contribution in [2.24, 2.45) is 0 Å². The molecule has 6 rings (SSSR count). The minimum atomic E-state index is -0.675. The minimum absolute atomic E-state index is 0.0755. The van der Waals surface area contributed by atoms with Gasteiger partial charge in [0.1, 0.15) is 22.0 Å². The minimum Gasteiger partial charge on any atom is -0.321 e. The monoisotopic (exact) mass is 718 g/mol. The second-order valence-corrected chi connectivity index (χ2v) is 14.1. The number of amides is 3. The Hall–Kier alpha value is -6.21. The van der Waals surface area contributed by atoms with Crippen molar-refractivity contribution < 1.29 is 14.4 Å². The van der Waals surface area contributed by atoms with Gasteiger partial charge in [-0.1, -0.05) is 114 Å². The number of nitrogens with zero attached hydrogens (tertiary/aromatic N) is 1. The van der Waals surface area contributed by atoms with Crippen LogP contribution in [0.5, 0.6) is 0 Å². The van der Waals surface area contributed by atoms with Crippen molar-refractivity contribution in [1.29, 1.82) is 5.26 Å². The zero-order chi connectivity index (χ0) is 36.5. The van der Waals surface area contributed by atoms with Crippen LogP contribution in [-0.2, 0) is 9.59 Å². The smallest absolute Gasteiger partial charge is 0.272 e. The van der Waals surface area contributed by atoms with Crippen LogP contribution in [0, 0.1) is 25.2 Å². The van der Waals surface area contributed by atoms with Gasteiger partial charge in [-0.25, -0.2) is 0 Å². The fraction of sp³-hybridized carbons (Fsp3) is 0.0698. The maximum absolute atomic E-state index is 14.0. The van der Waals surface area contributed by atoms with Crippen molar-refractivity contribution in [3.05, 3.63) is 178 Å². The molecule has 0 bridgehead atoms. The van der Waals surface area contributed by atoms with Gasteiger partial charge in [-0.2, -0.15) is 5.26 Å². The SMILES string of the molecule is Cc1ccc(/C=C(/NC(=O)c2ccccc2)C(=O)Nc2cccc(SC(C(=O)Nc3scc(-c4ccc(C)cc4)c3C#N)c3ccccc3)c2)cc1. The Bertz CT molecular complexity index is 2280. The first-order valence-corrected chi connectivity index (χ1v) is 18.2. The van der Waals surface area contributed by atoms with Crippen LogP contribution in [0.25, 0.3) is 17.2 Å². The fourth-order valence-electron chi connectivity index (χ4n) is 5.34. The number of thiophene rings is 1. The molecule has 0 aliphatic carbocycles. The molecular formula is C43H34N4O3S2. The average molecular weight is 719 g/mol. The van der Waals surface area contributed by atoms with Gasteiger partial charge in [-0.3, -0.25) is 14.4 Å². The molecule has 0 aliphatic heterocycles. The molecule has 0 saturated heterocycles. The number of aryl methyl sites for hydroxylation is 2. The van der Waals surface area contributed by atoms with E-state index in [0.29, 0.717) is 21.8 Å². The Morgan fingerprint density at radius 2 is 1.42 bits per heavy atom. The van der Waals surface area contributed by atoms with Gasteiger partial charge < -0.3 is 16.0 Å². The molecule has 3 amide bonds. The van der Waals surface area contributed by atoms with Gasteiger partial charge in [-0.15, -0.1) is 23.1 Å². The standard InChI is InChI=1S/C43H34N4O3S2/c1-28-16-20-30(21-17-28)24-38(46-40(48)33-12-7-4-8-13-33)41(49)45-34-14-9-15-35(25-34)52-39(32-10-5-3-6-11-32)42(50)47-43-36(26-44)37(27-51-43)31-22-18-29(2)19-23-31/h3-25,27,39H,1-2H3,(H,45,49)(H,46,48)(H,47,50)/b38-24+. The van der Waals surface area contributed by atoms with Crippen LogP contribution in [0.1, 0.15) is 43.4 Å². The summed E-state index contributed by atoms with van der Waals surface area (Å²) >= 11 is 2.64. The van der Waals surface area contributed by atoms with E-state index in [1.54, 1.807) is 48.5 Å². The zero-order valence-corrected chi connectivity index (χ0v) is 30.1. The molecule has 256 valence electrons. The molecule has 1 atom stereocenters. The van der Waals surface area contributed by atoms with Crippen LogP contribution in [0.15, 0.2) is 149 Å². The summed E-state index contributed by atoms with van der Waals surface area (Å²) in [5, 5.41) is 20.5. The second kappa shape index (κ2) is 16.7. The number of anilines is 2. The summed E-state index contributed by atoms with van der Waals surface area (Å²) in [6.07, 6.45) is 1.63. The summed E-state index contributed by atoms with van der Waals surface area (Å²) < 4.78 is 0. The molecule has 9 heteroatoms. The highest BCUT2D eigenvalue weighted by Crippen LogP contribution is 2.40. The Morgan fingerprint density at radius 3 is 2.10 bits per heavy atom. The van der Waals surface area contributed by atoms with E-state index in [4.69, 9.17) is 0 Å². The van der Waals surface area contributed by atoms with Crippen LogP contribution in [0.4, 0.5) is 10.7 Å². The largest absolute Gasteiger partial charge is 0.321 e. The first kappa shape index (κ1) is 35.6. The molecule has 6 aromatic rings. The number of nitrogens with one attached hydrogen (secondary N) is 3. The molecule has 0 radical (unpaired) electrons. The van der Waals surface area contributed by atoms with Crippen molar-refractivity contribution in [1.82, 2.24) is 5.32 Å². The van der Waals surface area contributed by atoms with Crippen LogP contribution in [0.2, 0.25) is 0 Å².